The van der Waals surface area contributed by atoms with Gasteiger partial charge in [0.25, 0.3) is 0 Å². The number of benzene rings is 1. The zero-order valence-electron chi connectivity index (χ0n) is 12.3. The van der Waals surface area contributed by atoms with Gasteiger partial charge in [-0.3, -0.25) is 4.79 Å². The van der Waals surface area contributed by atoms with E-state index in [-0.39, 0.29) is 11.9 Å². The first-order valence-electron chi connectivity index (χ1n) is 7.28. The van der Waals surface area contributed by atoms with E-state index in [9.17, 15) is 4.79 Å². The number of carbonyl (C=O) groups excluding carboxylic acids is 1. The summed E-state index contributed by atoms with van der Waals surface area (Å²) in [6.07, 6.45) is 2.51. The monoisotopic (exact) mass is 276 g/mol. The van der Waals surface area contributed by atoms with E-state index in [1.807, 2.05) is 24.0 Å². The molecule has 2 N–H and O–H groups in total. The fourth-order valence-corrected chi connectivity index (χ4v) is 2.92. The normalized spacial score (nSPS) is 22.6. The Bertz CT molecular complexity index is 444. The van der Waals surface area contributed by atoms with E-state index in [1.165, 1.54) is 5.56 Å². The number of piperidine rings is 1. The van der Waals surface area contributed by atoms with Gasteiger partial charge in [0.1, 0.15) is 5.75 Å². The third-order valence-corrected chi connectivity index (χ3v) is 3.91. The third-order valence-electron chi connectivity index (χ3n) is 3.91. The predicted molar refractivity (Wildman–Crippen MR) is 79.7 cm³/mol. The highest BCUT2D eigenvalue weighted by atomic mass is 16.5. The van der Waals surface area contributed by atoms with Gasteiger partial charge in [-0.05, 0) is 36.5 Å². The summed E-state index contributed by atoms with van der Waals surface area (Å²) in [4.78, 5) is 13.8. The summed E-state index contributed by atoms with van der Waals surface area (Å²) in [6.45, 7) is 3.43. The van der Waals surface area contributed by atoms with E-state index in [0.717, 1.165) is 25.1 Å². The van der Waals surface area contributed by atoms with Crippen molar-refractivity contribution in [3.8, 4) is 5.75 Å². The number of ether oxygens (including phenoxy) is 1. The molecule has 1 saturated heterocycles. The number of amides is 1. The lowest BCUT2D eigenvalue weighted by atomic mass is 9.89. The Hall–Kier alpha value is -1.55. The van der Waals surface area contributed by atoms with Crippen molar-refractivity contribution in [3.63, 3.8) is 0 Å². The molecule has 0 aliphatic carbocycles. The summed E-state index contributed by atoms with van der Waals surface area (Å²) in [5, 5.41) is 0. The fraction of sp³-hybridized carbons (Fsp3) is 0.562. The van der Waals surface area contributed by atoms with E-state index in [4.69, 9.17) is 10.5 Å². The lowest BCUT2D eigenvalue weighted by molar-refractivity contribution is -0.133. The molecule has 110 valence electrons. The van der Waals surface area contributed by atoms with Crippen molar-refractivity contribution in [2.24, 2.45) is 11.7 Å². The summed E-state index contributed by atoms with van der Waals surface area (Å²) in [5.41, 5.74) is 7.37. The average Bonchev–Trinajstić information content (AvgIpc) is 2.46. The number of nitrogens with zero attached hydrogens (tertiary/aromatic N) is 1. The summed E-state index contributed by atoms with van der Waals surface area (Å²) < 4.78 is 5.17. The number of rotatable bonds is 4. The average molecular weight is 276 g/mol. The van der Waals surface area contributed by atoms with Crippen LogP contribution in [0.3, 0.4) is 0 Å². The molecule has 1 fully saturated rings. The van der Waals surface area contributed by atoms with Crippen LogP contribution in [0, 0.1) is 5.92 Å². The predicted octanol–water partition coefficient (Wildman–Crippen LogP) is 1.82. The Morgan fingerprint density at radius 2 is 2.05 bits per heavy atom. The van der Waals surface area contributed by atoms with Crippen molar-refractivity contribution in [1.82, 2.24) is 4.90 Å². The van der Waals surface area contributed by atoms with Crippen LogP contribution in [-0.4, -0.2) is 37.0 Å². The number of likely N-dealkylation sites (tertiary alicyclic amines) is 1. The first kappa shape index (κ1) is 14.9. The summed E-state index contributed by atoms with van der Waals surface area (Å²) in [7, 11) is 1.67. The molecular weight excluding hydrogens is 252 g/mol. The molecule has 0 spiro atoms. The van der Waals surface area contributed by atoms with Crippen LogP contribution in [0.25, 0.3) is 0 Å². The second-order valence-electron chi connectivity index (χ2n) is 5.57. The molecule has 20 heavy (non-hydrogen) atoms. The molecule has 1 aliphatic heterocycles. The van der Waals surface area contributed by atoms with Crippen LogP contribution in [0.2, 0.25) is 0 Å². The minimum absolute atomic E-state index is 0.0995. The summed E-state index contributed by atoms with van der Waals surface area (Å²) in [6, 6.07) is 8.23. The molecule has 1 aliphatic rings. The molecule has 2 atom stereocenters. The van der Waals surface area contributed by atoms with Crippen LogP contribution < -0.4 is 10.5 Å². The van der Waals surface area contributed by atoms with Gasteiger partial charge in [-0.25, -0.2) is 0 Å². The number of methoxy groups -OCH3 is 1. The van der Waals surface area contributed by atoms with E-state index in [1.54, 1.807) is 7.11 Å². The van der Waals surface area contributed by atoms with Gasteiger partial charge < -0.3 is 15.4 Å². The number of hydrogen-bond acceptors (Lipinski definition) is 3. The molecule has 0 bridgehead atoms. The molecule has 2 unspecified atom stereocenters. The molecular formula is C16H24N2O2. The Morgan fingerprint density at radius 3 is 2.65 bits per heavy atom. The third kappa shape index (κ3) is 3.73. The second-order valence-corrected chi connectivity index (χ2v) is 5.57. The minimum Gasteiger partial charge on any atom is -0.497 e. The van der Waals surface area contributed by atoms with Gasteiger partial charge in [-0.15, -0.1) is 0 Å². The molecule has 1 aromatic carbocycles. The van der Waals surface area contributed by atoms with Crippen LogP contribution in [0.5, 0.6) is 5.75 Å². The lowest BCUT2D eigenvalue weighted by Crippen LogP contribution is -2.49. The highest BCUT2D eigenvalue weighted by molar-refractivity contribution is 5.76. The summed E-state index contributed by atoms with van der Waals surface area (Å²) in [5.74, 6) is 1.53. The van der Waals surface area contributed by atoms with E-state index in [2.05, 4.69) is 12.1 Å². The lowest BCUT2D eigenvalue weighted by Gasteiger charge is -2.36. The van der Waals surface area contributed by atoms with E-state index in [0.29, 0.717) is 18.9 Å². The van der Waals surface area contributed by atoms with Gasteiger partial charge in [-0.1, -0.05) is 19.1 Å². The molecule has 0 saturated carbocycles. The van der Waals surface area contributed by atoms with Crippen molar-refractivity contribution in [3.05, 3.63) is 29.8 Å². The van der Waals surface area contributed by atoms with Crippen LogP contribution in [0.15, 0.2) is 24.3 Å². The van der Waals surface area contributed by atoms with Crippen LogP contribution in [0.4, 0.5) is 0 Å². The van der Waals surface area contributed by atoms with E-state index < -0.39 is 0 Å². The largest absolute Gasteiger partial charge is 0.497 e. The Kier molecular flexibility index (Phi) is 5.01. The highest BCUT2D eigenvalue weighted by Crippen LogP contribution is 2.22. The Labute approximate surface area is 120 Å². The van der Waals surface area contributed by atoms with Crippen molar-refractivity contribution in [2.45, 2.75) is 32.2 Å². The summed E-state index contributed by atoms with van der Waals surface area (Å²) >= 11 is 0. The smallest absolute Gasteiger partial charge is 0.222 e. The zero-order chi connectivity index (χ0) is 14.5. The van der Waals surface area contributed by atoms with Gasteiger partial charge in [-0.2, -0.15) is 0 Å². The molecule has 1 amide bonds. The molecule has 1 aromatic rings. The number of nitrogens with two attached hydrogens (primary N) is 1. The van der Waals surface area contributed by atoms with Crippen molar-refractivity contribution < 1.29 is 9.53 Å². The Morgan fingerprint density at radius 1 is 1.35 bits per heavy atom. The van der Waals surface area contributed by atoms with Crippen molar-refractivity contribution >= 4 is 5.91 Å². The number of hydrogen-bond donors (Lipinski definition) is 1. The first-order valence-corrected chi connectivity index (χ1v) is 7.28. The topological polar surface area (TPSA) is 55.6 Å². The van der Waals surface area contributed by atoms with Gasteiger partial charge in [0.05, 0.1) is 7.11 Å². The SMILES string of the molecule is CCC(=O)N1CC(N)CC(Cc2ccc(OC)cc2)C1. The van der Waals surface area contributed by atoms with Gasteiger partial charge >= 0.3 is 0 Å². The number of carbonyl (C=O) groups is 1. The Balaban J connectivity index is 1.98. The maximum Gasteiger partial charge on any atom is 0.222 e. The molecule has 0 radical (unpaired) electrons. The standard InChI is InChI=1S/C16H24N2O2/c1-3-16(19)18-10-13(9-14(17)11-18)8-12-4-6-15(20-2)7-5-12/h4-7,13-14H,3,8-11,17H2,1-2H3. The van der Waals surface area contributed by atoms with Crippen LogP contribution in [-0.2, 0) is 11.2 Å². The first-order chi connectivity index (χ1) is 9.62. The fourth-order valence-electron chi connectivity index (χ4n) is 2.92. The molecule has 2 rings (SSSR count). The van der Waals surface area contributed by atoms with Gasteiger partial charge in [0.2, 0.25) is 5.91 Å². The van der Waals surface area contributed by atoms with Gasteiger partial charge in [0, 0.05) is 25.6 Å². The van der Waals surface area contributed by atoms with Crippen LogP contribution >= 0.6 is 0 Å². The quantitative estimate of drug-likeness (QED) is 0.912. The molecule has 1 heterocycles. The molecule has 0 aromatic heterocycles. The van der Waals surface area contributed by atoms with Crippen LogP contribution in [0.1, 0.15) is 25.3 Å². The van der Waals surface area contributed by atoms with Crippen molar-refractivity contribution in [1.29, 1.82) is 0 Å². The highest BCUT2D eigenvalue weighted by Gasteiger charge is 2.27. The molecule has 4 heteroatoms. The maximum absolute atomic E-state index is 11.8. The molecule has 4 nitrogen and oxygen atoms in total. The maximum atomic E-state index is 11.8. The second kappa shape index (κ2) is 6.75. The van der Waals surface area contributed by atoms with Crippen molar-refractivity contribution in [2.75, 3.05) is 20.2 Å². The zero-order valence-corrected chi connectivity index (χ0v) is 12.3. The van der Waals surface area contributed by atoms with Gasteiger partial charge in [0.15, 0.2) is 0 Å². The van der Waals surface area contributed by atoms with E-state index >= 15 is 0 Å². The minimum atomic E-state index is 0.0995.